The number of carbonyl (C=O) groups excluding carboxylic acids is 2. The molecule has 316 valence electrons. The molecule has 3 unspecified atom stereocenters. The fourth-order valence-electron chi connectivity index (χ4n) is 5.24. The highest BCUT2D eigenvalue weighted by Crippen LogP contribution is 2.43. The van der Waals surface area contributed by atoms with Gasteiger partial charge in [0.15, 0.2) is 0 Å². The first-order valence-electron chi connectivity index (χ1n) is 20.9. The van der Waals surface area contributed by atoms with Crippen LogP contribution in [0.3, 0.4) is 0 Å². The Bertz CT molecular complexity index is 1140. The summed E-state index contributed by atoms with van der Waals surface area (Å²) in [7, 11) is -4.66. The molecule has 10 nitrogen and oxygen atoms in total. The van der Waals surface area contributed by atoms with Gasteiger partial charge in [-0.25, -0.2) is 4.57 Å². The summed E-state index contributed by atoms with van der Waals surface area (Å²) in [4.78, 5) is 34.4. The number of phosphoric acid groups is 1. The number of hydrogen-bond acceptors (Lipinski definition) is 9. The average Bonchev–Trinajstić information content (AvgIpc) is 3.17. The van der Waals surface area contributed by atoms with Crippen LogP contribution in [0, 0.1) is 0 Å². The first kappa shape index (κ1) is 52.4. The lowest BCUT2D eigenvalue weighted by molar-refractivity contribution is -0.153. The second kappa shape index (κ2) is 39.6. The third-order valence-corrected chi connectivity index (χ3v) is 9.39. The molecule has 0 aliphatic rings. The van der Waals surface area contributed by atoms with E-state index in [0.29, 0.717) is 12.8 Å². The molecule has 55 heavy (non-hydrogen) atoms. The second-order valence-corrected chi connectivity index (χ2v) is 15.1. The Kier molecular flexibility index (Phi) is 37.8. The van der Waals surface area contributed by atoms with Gasteiger partial charge in [-0.3, -0.25) is 18.6 Å². The first-order valence-corrected chi connectivity index (χ1v) is 22.4. The van der Waals surface area contributed by atoms with Gasteiger partial charge in [0.2, 0.25) is 0 Å². The summed E-state index contributed by atoms with van der Waals surface area (Å²) in [5.74, 6) is -1.16. The molecule has 0 heterocycles. The van der Waals surface area contributed by atoms with Crippen molar-refractivity contribution in [3.63, 3.8) is 0 Å². The largest absolute Gasteiger partial charge is 0.472 e. The van der Waals surface area contributed by atoms with E-state index in [1.165, 1.54) is 64.2 Å². The van der Waals surface area contributed by atoms with E-state index in [4.69, 9.17) is 18.5 Å². The van der Waals surface area contributed by atoms with Crippen molar-refractivity contribution in [1.82, 2.24) is 0 Å². The third kappa shape index (κ3) is 38.1. The molecule has 0 amide bonds. The van der Waals surface area contributed by atoms with Crippen molar-refractivity contribution in [1.29, 1.82) is 0 Å². The summed E-state index contributed by atoms with van der Waals surface area (Å²) in [5, 5.41) is 19.1. The summed E-state index contributed by atoms with van der Waals surface area (Å²) >= 11 is 0. The van der Waals surface area contributed by atoms with Gasteiger partial charge in [-0.2, -0.15) is 0 Å². The molecule has 0 aliphatic heterocycles. The van der Waals surface area contributed by atoms with E-state index < -0.39 is 58.4 Å². The lowest BCUT2D eigenvalue weighted by atomic mass is 10.1. The number of carbonyl (C=O) groups is 2. The van der Waals surface area contributed by atoms with Crippen LogP contribution >= 0.6 is 7.82 Å². The van der Waals surface area contributed by atoms with Crippen LogP contribution in [0.4, 0.5) is 0 Å². The molecule has 0 aromatic heterocycles. The zero-order valence-corrected chi connectivity index (χ0v) is 35.0. The minimum Gasteiger partial charge on any atom is -0.457 e. The summed E-state index contributed by atoms with van der Waals surface area (Å²) in [6.45, 7) is 1.96. The van der Waals surface area contributed by atoms with E-state index >= 15 is 0 Å². The van der Waals surface area contributed by atoms with Gasteiger partial charge in [0, 0.05) is 6.42 Å². The number of rotatable bonds is 38. The maximum absolute atomic E-state index is 12.3. The smallest absolute Gasteiger partial charge is 0.457 e. The van der Waals surface area contributed by atoms with Crippen LogP contribution in [0.1, 0.15) is 155 Å². The van der Waals surface area contributed by atoms with Gasteiger partial charge in [0.25, 0.3) is 0 Å². The molecule has 0 radical (unpaired) electrons. The lowest BCUT2D eigenvalue weighted by Gasteiger charge is -2.20. The molecule has 0 aromatic carbocycles. The fraction of sp³-hybridized carbons (Fsp3) is 0.682. The van der Waals surface area contributed by atoms with E-state index in [0.717, 1.165) is 51.4 Å². The second-order valence-electron chi connectivity index (χ2n) is 13.6. The van der Waals surface area contributed by atoms with E-state index in [9.17, 15) is 29.3 Å². The Morgan fingerprint density at radius 3 is 1.38 bits per heavy atom. The minimum absolute atomic E-state index is 0.0433. The number of hydrogen-bond donors (Lipinski definition) is 3. The van der Waals surface area contributed by atoms with Gasteiger partial charge in [-0.15, -0.1) is 0 Å². The van der Waals surface area contributed by atoms with Crippen molar-refractivity contribution in [3.05, 3.63) is 72.9 Å². The number of esters is 2. The van der Waals surface area contributed by atoms with Gasteiger partial charge >= 0.3 is 19.8 Å². The van der Waals surface area contributed by atoms with E-state index in [2.05, 4.69) is 62.5 Å². The molecule has 0 spiro atoms. The highest BCUT2D eigenvalue weighted by molar-refractivity contribution is 7.47. The van der Waals surface area contributed by atoms with Gasteiger partial charge < -0.3 is 24.6 Å². The fourth-order valence-corrected chi connectivity index (χ4v) is 6.03. The number of unbranched alkanes of at least 4 members (excludes halogenated alkanes) is 13. The Morgan fingerprint density at radius 1 is 0.527 bits per heavy atom. The zero-order valence-electron chi connectivity index (χ0n) is 34.1. The van der Waals surface area contributed by atoms with Gasteiger partial charge in [0.1, 0.15) is 12.2 Å². The first-order chi connectivity index (χ1) is 26.8. The summed E-state index contributed by atoms with van der Waals surface area (Å²) in [6.07, 6.45) is 44.8. The normalized spacial score (nSPS) is 14.6. The monoisotopic (exact) mass is 795 g/mol. The van der Waals surface area contributed by atoms with E-state index in [-0.39, 0.29) is 12.8 Å². The molecule has 0 saturated heterocycles. The minimum atomic E-state index is -4.66. The van der Waals surface area contributed by atoms with E-state index in [1.807, 2.05) is 18.2 Å². The van der Waals surface area contributed by atoms with E-state index in [1.54, 1.807) is 6.08 Å². The van der Waals surface area contributed by atoms with Crippen LogP contribution in [-0.2, 0) is 32.7 Å². The maximum atomic E-state index is 12.3. The van der Waals surface area contributed by atoms with Gasteiger partial charge in [0.05, 0.1) is 32.8 Å². The topological polar surface area (TPSA) is 149 Å². The molecule has 0 aliphatic carbocycles. The predicted molar refractivity (Wildman–Crippen MR) is 223 cm³/mol. The third-order valence-electron chi connectivity index (χ3n) is 8.44. The van der Waals surface area contributed by atoms with Crippen LogP contribution < -0.4 is 0 Å². The Labute approximate surface area is 333 Å². The number of allylic oxidation sites excluding steroid dienone is 11. The molecule has 0 fully saturated rings. The van der Waals surface area contributed by atoms with Crippen LogP contribution in [0.15, 0.2) is 72.9 Å². The molecule has 0 aromatic rings. The number of aliphatic hydroxyl groups is 2. The molecule has 0 saturated carbocycles. The van der Waals surface area contributed by atoms with Crippen molar-refractivity contribution in [3.8, 4) is 0 Å². The van der Waals surface area contributed by atoms with Crippen molar-refractivity contribution in [2.24, 2.45) is 0 Å². The highest BCUT2D eigenvalue weighted by atomic mass is 31.2. The van der Waals surface area contributed by atoms with Crippen LogP contribution in [-0.4, -0.2) is 65.7 Å². The quantitative estimate of drug-likeness (QED) is 0.0239. The van der Waals surface area contributed by atoms with Crippen LogP contribution in [0.5, 0.6) is 0 Å². The number of phosphoric ester groups is 1. The molecule has 3 N–H and O–H groups in total. The van der Waals surface area contributed by atoms with Crippen LogP contribution in [0.2, 0.25) is 0 Å². The molecule has 0 rings (SSSR count). The van der Waals surface area contributed by atoms with Gasteiger partial charge in [-0.1, -0.05) is 151 Å². The zero-order chi connectivity index (χ0) is 40.5. The Hall–Kier alpha value is -2.59. The number of ether oxygens (including phenoxy) is 2. The predicted octanol–water partition coefficient (Wildman–Crippen LogP) is 10.9. The molecular weight excluding hydrogens is 719 g/mol. The van der Waals surface area contributed by atoms with Crippen LogP contribution in [0.25, 0.3) is 0 Å². The van der Waals surface area contributed by atoms with Crippen molar-refractivity contribution in [2.75, 3.05) is 26.4 Å². The molecule has 3 atom stereocenters. The molecular formula is C44H75O10P. The Balaban J connectivity index is 4.05. The summed E-state index contributed by atoms with van der Waals surface area (Å²) < 4.78 is 32.4. The lowest BCUT2D eigenvalue weighted by Crippen LogP contribution is -2.28. The SMILES string of the molecule is CC/C=C\C/C=C\C/C=C\C/C=C\C/C=C\CC(=O)OC(CO)COP(=O)(O)OCC(CO)OC(=O)CCCCCCCCC/C=C\CCCCCCCC. The van der Waals surface area contributed by atoms with Crippen molar-refractivity contribution < 1.29 is 47.8 Å². The number of aliphatic hydroxyl groups excluding tert-OH is 2. The molecule has 11 heteroatoms. The average molecular weight is 795 g/mol. The summed E-state index contributed by atoms with van der Waals surface area (Å²) in [5.41, 5.74) is 0. The van der Waals surface area contributed by atoms with Crippen molar-refractivity contribution in [2.45, 2.75) is 167 Å². The summed E-state index contributed by atoms with van der Waals surface area (Å²) in [6, 6.07) is 0. The Morgan fingerprint density at radius 2 is 0.927 bits per heavy atom. The molecule has 0 bridgehead atoms. The highest BCUT2D eigenvalue weighted by Gasteiger charge is 2.27. The maximum Gasteiger partial charge on any atom is 0.472 e. The standard InChI is InChI=1S/C44H75O10P/c1-3-5-7-9-11-13-15-17-19-20-22-24-26-28-30-32-34-36-44(48)54-42(38-46)40-52-55(49,50)51-39-41(37-45)53-43(47)35-33-31-29-27-25-23-21-18-16-14-12-10-8-6-4-2/h6,8,12,14,17-19,21,25,27,31,33,41-42,45-46H,3-5,7,9-11,13,15-16,20,22-24,26,28-30,32,34-40H2,1-2H3,(H,49,50)/b8-6-,14-12-,19-17-,21-18-,27-25-,33-31-. The van der Waals surface area contributed by atoms with Crippen molar-refractivity contribution >= 4 is 19.8 Å². The van der Waals surface area contributed by atoms with Gasteiger partial charge in [-0.05, 0) is 64.2 Å².